The van der Waals surface area contributed by atoms with Crippen LogP contribution in [0.2, 0.25) is 5.02 Å². The summed E-state index contributed by atoms with van der Waals surface area (Å²) in [7, 11) is 0. The summed E-state index contributed by atoms with van der Waals surface area (Å²) in [5.74, 6) is 1.17. The van der Waals surface area contributed by atoms with Crippen molar-refractivity contribution in [1.82, 2.24) is 10.2 Å². The van der Waals surface area contributed by atoms with E-state index in [0.717, 1.165) is 24.6 Å². The van der Waals surface area contributed by atoms with Crippen molar-refractivity contribution < 1.29 is 18.9 Å². The second-order valence-corrected chi connectivity index (χ2v) is 6.65. The zero-order valence-corrected chi connectivity index (χ0v) is 15.6. The number of hydrogen-bond donors (Lipinski definition) is 1. The molecule has 1 fully saturated rings. The molecule has 0 aliphatic carbocycles. The normalized spacial score (nSPS) is 16.1. The SMILES string of the molecule is Cc1ccc(C(CNC(=O)c2ccc([N+](=O)[O-])cc2Cl)N2CCOCC2)o1. The van der Waals surface area contributed by atoms with Gasteiger partial charge in [-0.1, -0.05) is 11.6 Å². The average molecular weight is 394 g/mol. The zero-order chi connectivity index (χ0) is 19.4. The predicted molar refractivity (Wildman–Crippen MR) is 99.0 cm³/mol. The summed E-state index contributed by atoms with van der Waals surface area (Å²) >= 11 is 6.04. The summed E-state index contributed by atoms with van der Waals surface area (Å²) in [5.41, 5.74) is 0.0347. The van der Waals surface area contributed by atoms with Crippen LogP contribution < -0.4 is 5.32 Å². The summed E-state index contributed by atoms with van der Waals surface area (Å²) < 4.78 is 11.2. The van der Waals surface area contributed by atoms with E-state index >= 15 is 0 Å². The maximum absolute atomic E-state index is 12.5. The Labute approximate surface area is 161 Å². The maximum atomic E-state index is 12.5. The summed E-state index contributed by atoms with van der Waals surface area (Å²) in [6, 6.07) is 7.44. The molecule has 1 N–H and O–H groups in total. The Hall–Kier alpha value is -2.42. The molecule has 144 valence electrons. The fourth-order valence-corrected chi connectivity index (χ4v) is 3.28. The molecule has 3 rings (SSSR count). The number of rotatable bonds is 6. The predicted octanol–water partition coefficient (Wildman–Crippen LogP) is 2.95. The van der Waals surface area contributed by atoms with E-state index in [9.17, 15) is 14.9 Å². The number of non-ortho nitro benzene ring substituents is 1. The van der Waals surface area contributed by atoms with Gasteiger partial charge in [-0.2, -0.15) is 0 Å². The first-order valence-electron chi connectivity index (χ1n) is 8.56. The Morgan fingerprint density at radius 2 is 2.07 bits per heavy atom. The molecular formula is C18H20ClN3O5. The van der Waals surface area contributed by atoms with Gasteiger partial charge < -0.3 is 14.5 Å². The van der Waals surface area contributed by atoms with E-state index in [1.54, 1.807) is 0 Å². The number of morpholine rings is 1. The van der Waals surface area contributed by atoms with Gasteiger partial charge in [-0.05, 0) is 25.1 Å². The number of nitro benzene ring substituents is 1. The van der Waals surface area contributed by atoms with Crippen molar-refractivity contribution >= 4 is 23.2 Å². The number of ether oxygens (including phenoxy) is 1. The topological polar surface area (TPSA) is 97.8 Å². The van der Waals surface area contributed by atoms with Crippen LogP contribution in [0.15, 0.2) is 34.7 Å². The molecule has 1 aromatic carbocycles. The second kappa shape index (κ2) is 8.51. The Morgan fingerprint density at radius 1 is 1.33 bits per heavy atom. The zero-order valence-electron chi connectivity index (χ0n) is 14.8. The molecule has 0 radical (unpaired) electrons. The molecule has 1 amide bonds. The molecule has 1 aliphatic heterocycles. The first-order valence-corrected chi connectivity index (χ1v) is 8.94. The molecule has 1 aromatic heterocycles. The Kier molecular flexibility index (Phi) is 6.10. The van der Waals surface area contributed by atoms with Gasteiger partial charge in [-0.15, -0.1) is 0 Å². The van der Waals surface area contributed by atoms with Crippen LogP contribution in [0.25, 0.3) is 0 Å². The molecule has 1 saturated heterocycles. The van der Waals surface area contributed by atoms with Gasteiger partial charge in [-0.25, -0.2) is 0 Å². The molecule has 0 bridgehead atoms. The second-order valence-electron chi connectivity index (χ2n) is 6.24. The van der Waals surface area contributed by atoms with E-state index in [-0.39, 0.29) is 22.3 Å². The van der Waals surface area contributed by atoms with Crippen LogP contribution in [0.4, 0.5) is 5.69 Å². The van der Waals surface area contributed by atoms with Crippen LogP contribution in [0, 0.1) is 17.0 Å². The summed E-state index contributed by atoms with van der Waals surface area (Å²) in [6.07, 6.45) is 0. The first-order chi connectivity index (χ1) is 13.0. The number of amides is 1. The van der Waals surface area contributed by atoms with E-state index in [4.69, 9.17) is 20.8 Å². The molecule has 1 aliphatic rings. The maximum Gasteiger partial charge on any atom is 0.270 e. The summed E-state index contributed by atoms with van der Waals surface area (Å²) in [5, 5.41) is 13.7. The number of hydrogen-bond acceptors (Lipinski definition) is 6. The number of carbonyl (C=O) groups excluding carboxylic acids is 1. The van der Waals surface area contributed by atoms with Gasteiger partial charge in [0.15, 0.2) is 0 Å². The molecule has 2 heterocycles. The highest BCUT2D eigenvalue weighted by molar-refractivity contribution is 6.34. The molecule has 8 nitrogen and oxygen atoms in total. The van der Waals surface area contributed by atoms with E-state index in [1.807, 2.05) is 19.1 Å². The third kappa shape index (κ3) is 4.65. The van der Waals surface area contributed by atoms with Gasteiger partial charge in [-0.3, -0.25) is 19.8 Å². The molecule has 0 saturated carbocycles. The summed E-state index contributed by atoms with van der Waals surface area (Å²) in [6.45, 7) is 4.90. The van der Waals surface area contributed by atoms with Crippen molar-refractivity contribution in [3.05, 3.63) is 62.6 Å². The van der Waals surface area contributed by atoms with E-state index in [2.05, 4.69) is 10.2 Å². The Bertz CT molecular complexity index is 832. The van der Waals surface area contributed by atoms with Crippen molar-refractivity contribution in [2.75, 3.05) is 32.8 Å². The number of nitrogens with one attached hydrogen (secondary N) is 1. The minimum Gasteiger partial charge on any atom is -0.465 e. The highest BCUT2D eigenvalue weighted by atomic mass is 35.5. The largest absolute Gasteiger partial charge is 0.465 e. The molecule has 27 heavy (non-hydrogen) atoms. The van der Waals surface area contributed by atoms with Crippen LogP contribution in [0.3, 0.4) is 0 Å². The quantitative estimate of drug-likeness (QED) is 0.598. The fraction of sp³-hybridized carbons (Fsp3) is 0.389. The summed E-state index contributed by atoms with van der Waals surface area (Å²) in [4.78, 5) is 25.0. The first kappa shape index (κ1) is 19.3. The number of benzene rings is 1. The minimum absolute atomic E-state index is 0.0402. The monoisotopic (exact) mass is 393 g/mol. The van der Waals surface area contributed by atoms with Crippen molar-refractivity contribution in [2.24, 2.45) is 0 Å². The van der Waals surface area contributed by atoms with Crippen LogP contribution >= 0.6 is 11.6 Å². The van der Waals surface area contributed by atoms with Crippen molar-refractivity contribution in [3.63, 3.8) is 0 Å². The molecule has 0 spiro atoms. The van der Waals surface area contributed by atoms with Crippen molar-refractivity contribution in [3.8, 4) is 0 Å². The smallest absolute Gasteiger partial charge is 0.270 e. The number of halogens is 1. The van der Waals surface area contributed by atoms with E-state index in [1.165, 1.54) is 18.2 Å². The molecule has 1 unspecified atom stereocenters. The van der Waals surface area contributed by atoms with Gasteiger partial charge in [0.2, 0.25) is 0 Å². The highest BCUT2D eigenvalue weighted by Gasteiger charge is 2.26. The molecule has 1 atom stereocenters. The molecule has 2 aromatic rings. The molecule has 9 heteroatoms. The number of furan rings is 1. The average Bonchev–Trinajstić information content (AvgIpc) is 3.08. The van der Waals surface area contributed by atoms with Crippen LogP contribution in [0.5, 0.6) is 0 Å². The Balaban J connectivity index is 1.73. The van der Waals surface area contributed by atoms with Gasteiger partial charge in [0.25, 0.3) is 11.6 Å². The van der Waals surface area contributed by atoms with Gasteiger partial charge in [0.1, 0.15) is 11.5 Å². The van der Waals surface area contributed by atoms with Gasteiger partial charge >= 0.3 is 0 Å². The number of carbonyl (C=O) groups is 1. The third-order valence-corrected chi connectivity index (χ3v) is 4.75. The van der Waals surface area contributed by atoms with Crippen LogP contribution in [0.1, 0.15) is 27.9 Å². The van der Waals surface area contributed by atoms with Gasteiger partial charge in [0.05, 0.1) is 34.8 Å². The standard InChI is InChI=1S/C18H20ClN3O5/c1-12-2-5-17(27-12)16(21-6-8-26-9-7-21)11-20-18(23)14-4-3-13(22(24)25)10-15(14)19/h2-5,10,16H,6-9,11H2,1H3,(H,20,23). The fourth-order valence-electron chi connectivity index (χ4n) is 3.02. The van der Waals surface area contributed by atoms with E-state index in [0.29, 0.717) is 19.8 Å². The van der Waals surface area contributed by atoms with Gasteiger partial charge in [0, 0.05) is 31.8 Å². The lowest BCUT2D eigenvalue weighted by Crippen LogP contribution is -2.43. The lowest BCUT2D eigenvalue weighted by Gasteiger charge is -2.33. The lowest BCUT2D eigenvalue weighted by molar-refractivity contribution is -0.384. The van der Waals surface area contributed by atoms with Crippen LogP contribution in [-0.2, 0) is 4.74 Å². The molecular weight excluding hydrogens is 374 g/mol. The lowest BCUT2D eigenvalue weighted by atomic mass is 10.1. The number of nitrogens with zero attached hydrogens (tertiary/aromatic N) is 2. The number of nitro groups is 1. The Morgan fingerprint density at radius 3 is 2.67 bits per heavy atom. The van der Waals surface area contributed by atoms with Crippen molar-refractivity contribution in [1.29, 1.82) is 0 Å². The minimum atomic E-state index is -0.554. The number of aryl methyl sites for hydroxylation is 1. The third-order valence-electron chi connectivity index (χ3n) is 4.44. The van der Waals surface area contributed by atoms with Crippen molar-refractivity contribution in [2.45, 2.75) is 13.0 Å². The van der Waals surface area contributed by atoms with E-state index < -0.39 is 10.8 Å². The highest BCUT2D eigenvalue weighted by Crippen LogP contribution is 2.25. The van der Waals surface area contributed by atoms with Crippen LogP contribution in [-0.4, -0.2) is 48.6 Å².